The summed E-state index contributed by atoms with van der Waals surface area (Å²) >= 11 is 2.25. The number of halogens is 1. The van der Waals surface area contributed by atoms with E-state index in [0.29, 0.717) is 24.7 Å². The van der Waals surface area contributed by atoms with E-state index in [1.807, 2.05) is 54.6 Å². The standard InChI is InChI=1S/C19H14IN3O2/c20-15-6-8-16(9-7-15)25-12-13-10-17-21-19(14-4-2-1-3-5-14)22-23(17)18(24)11-13/h1-9,11H,10,12H2. The molecule has 1 aliphatic rings. The average molecular weight is 443 g/mol. The van der Waals surface area contributed by atoms with E-state index in [0.717, 1.165) is 20.5 Å². The molecule has 0 spiro atoms. The van der Waals surface area contributed by atoms with Gasteiger partial charge in [0, 0.05) is 21.6 Å². The zero-order chi connectivity index (χ0) is 17.2. The molecule has 4 rings (SSSR count). The van der Waals surface area contributed by atoms with Crippen LogP contribution in [-0.2, 0) is 6.42 Å². The van der Waals surface area contributed by atoms with Crippen LogP contribution < -0.4 is 4.74 Å². The molecule has 2 aromatic carbocycles. The van der Waals surface area contributed by atoms with Crippen LogP contribution in [0.2, 0.25) is 0 Å². The second kappa shape index (κ2) is 6.79. The highest BCUT2D eigenvalue weighted by atomic mass is 127. The fraction of sp³-hybridized carbons (Fsp3) is 0.105. The minimum absolute atomic E-state index is 0.183. The summed E-state index contributed by atoms with van der Waals surface area (Å²) in [6.45, 7) is 0.361. The van der Waals surface area contributed by atoms with E-state index in [9.17, 15) is 4.79 Å². The van der Waals surface area contributed by atoms with Crippen molar-refractivity contribution in [2.24, 2.45) is 0 Å². The van der Waals surface area contributed by atoms with Gasteiger partial charge in [-0.3, -0.25) is 4.79 Å². The van der Waals surface area contributed by atoms with Crippen LogP contribution >= 0.6 is 22.6 Å². The fourth-order valence-corrected chi connectivity index (χ4v) is 2.99. The van der Waals surface area contributed by atoms with Gasteiger partial charge in [0.15, 0.2) is 5.82 Å². The Bertz CT molecular complexity index is 947. The molecule has 6 heteroatoms. The van der Waals surface area contributed by atoms with Crippen molar-refractivity contribution in [2.45, 2.75) is 6.42 Å². The lowest BCUT2D eigenvalue weighted by Crippen LogP contribution is -2.21. The highest BCUT2D eigenvalue weighted by Gasteiger charge is 2.22. The summed E-state index contributed by atoms with van der Waals surface area (Å²) in [6.07, 6.45) is 2.14. The normalized spacial score (nSPS) is 13.3. The minimum atomic E-state index is -0.183. The van der Waals surface area contributed by atoms with Crippen LogP contribution in [0.15, 0.2) is 66.2 Å². The lowest BCUT2D eigenvalue weighted by Gasteiger charge is -2.13. The van der Waals surface area contributed by atoms with Crippen molar-refractivity contribution in [1.29, 1.82) is 0 Å². The Morgan fingerprint density at radius 2 is 1.84 bits per heavy atom. The van der Waals surface area contributed by atoms with E-state index in [1.54, 1.807) is 6.08 Å². The van der Waals surface area contributed by atoms with Crippen molar-refractivity contribution in [3.63, 3.8) is 0 Å². The summed E-state index contributed by atoms with van der Waals surface area (Å²) in [7, 11) is 0. The molecule has 1 aromatic heterocycles. The highest BCUT2D eigenvalue weighted by molar-refractivity contribution is 14.1. The molecule has 0 aliphatic carbocycles. The molecule has 124 valence electrons. The number of carbonyl (C=O) groups is 1. The second-order valence-corrected chi connectivity index (χ2v) is 6.94. The summed E-state index contributed by atoms with van der Waals surface area (Å²) in [6, 6.07) is 17.5. The van der Waals surface area contributed by atoms with E-state index in [-0.39, 0.29) is 5.91 Å². The first-order valence-electron chi connectivity index (χ1n) is 7.82. The Hall–Kier alpha value is -2.48. The van der Waals surface area contributed by atoms with Crippen LogP contribution in [0.3, 0.4) is 0 Å². The van der Waals surface area contributed by atoms with Gasteiger partial charge in [0.25, 0.3) is 5.91 Å². The average Bonchev–Trinajstić information content (AvgIpc) is 3.07. The van der Waals surface area contributed by atoms with Gasteiger partial charge in [-0.1, -0.05) is 30.3 Å². The van der Waals surface area contributed by atoms with Gasteiger partial charge >= 0.3 is 0 Å². The van der Waals surface area contributed by atoms with Gasteiger partial charge in [0.2, 0.25) is 0 Å². The van der Waals surface area contributed by atoms with Gasteiger partial charge in [-0.25, -0.2) is 4.98 Å². The number of carbonyl (C=O) groups excluding carboxylic acids is 1. The van der Waals surface area contributed by atoms with Crippen LogP contribution in [0.25, 0.3) is 11.4 Å². The SMILES string of the molecule is O=C1C=C(COc2ccc(I)cc2)Cc2nc(-c3ccccc3)nn21. The summed E-state index contributed by atoms with van der Waals surface area (Å²) < 4.78 is 8.30. The molecule has 0 unspecified atom stereocenters. The molecule has 0 fully saturated rings. The molecule has 0 saturated carbocycles. The Morgan fingerprint density at radius 3 is 2.60 bits per heavy atom. The van der Waals surface area contributed by atoms with Gasteiger partial charge < -0.3 is 4.74 Å². The molecule has 1 aliphatic heterocycles. The molecule has 0 radical (unpaired) electrons. The van der Waals surface area contributed by atoms with Crippen molar-refractivity contribution < 1.29 is 9.53 Å². The number of hydrogen-bond acceptors (Lipinski definition) is 4. The first-order chi connectivity index (χ1) is 12.2. The van der Waals surface area contributed by atoms with Gasteiger partial charge in [-0.15, -0.1) is 5.10 Å². The Labute approximate surface area is 158 Å². The minimum Gasteiger partial charge on any atom is -0.489 e. The number of benzene rings is 2. The zero-order valence-electron chi connectivity index (χ0n) is 13.2. The number of allylic oxidation sites excluding steroid dienone is 1. The lowest BCUT2D eigenvalue weighted by molar-refractivity contribution is 0.0943. The highest BCUT2D eigenvalue weighted by Crippen LogP contribution is 2.21. The molecule has 25 heavy (non-hydrogen) atoms. The maximum atomic E-state index is 12.3. The smallest absolute Gasteiger partial charge is 0.272 e. The number of aromatic nitrogens is 3. The van der Waals surface area contributed by atoms with Gasteiger partial charge in [-0.05, 0) is 52.4 Å². The van der Waals surface area contributed by atoms with Crippen molar-refractivity contribution in [3.8, 4) is 17.1 Å². The molecular weight excluding hydrogens is 429 g/mol. The predicted octanol–water partition coefficient (Wildman–Crippen LogP) is 3.75. The molecule has 5 nitrogen and oxygen atoms in total. The number of rotatable bonds is 4. The van der Waals surface area contributed by atoms with Gasteiger partial charge in [0.05, 0.1) is 0 Å². The summed E-state index contributed by atoms with van der Waals surface area (Å²) in [5.41, 5.74) is 1.79. The monoisotopic (exact) mass is 443 g/mol. The summed E-state index contributed by atoms with van der Waals surface area (Å²) in [4.78, 5) is 16.8. The Balaban J connectivity index is 1.50. The summed E-state index contributed by atoms with van der Waals surface area (Å²) in [5.74, 6) is 1.81. The topological polar surface area (TPSA) is 57.0 Å². The first kappa shape index (κ1) is 16.0. The maximum Gasteiger partial charge on any atom is 0.272 e. The van der Waals surface area contributed by atoms with E-state index < -0.39 is 0 Å². The molecule has 3 aromatic rings. The quantitative estimate of drug-likeness (QED) is 0.577. The molecule has 0 N–H and O–H groups in total. The predicted molar refractivity (Wildman–Crippen MR) is 103 cm³/mol. The largest absolute Gasteiger partial charge is 0.489 e. The van der Waals surface area contributed by atoms with Gasteiger partial charge in [-0.2, -0.15) is 4.68 Å². The van der Waals surface area contributed by atoms with E-state index in [1.165, 1.54) is 4.68 Å². The van der Waals surface area contributed by atoms with Crippen molar-refractivity contribution in [2.75, 3.05) is 6.61 Å². The maximum absolute atomic E-state index is 12.3. The third-order valence-electron chi connectivity index (χ3n) is 3.87. The van der Waals surface area contributed by atoms with E-state index in [4.69, 9.17) is 4.74 Å². The summed E-state index contributed by atoms with van der Waals surface area (Å²) in [5, 5.41) is 4.33. The van der Waals surface area contributed by atoms with Gasteiger partial charge in [0.1, 0.15) is 18.2 Å². The Morgan fingerprint density at radius 1 is 1.08 bits per heavy atom. The van der Waals surface area contributed by atoms with Crippen molar-refractivity contribution >= 4 is 28.5 Å². The molecule has 0 amide bonds. The van der Waals surface area contributed by atoms with Crippen LogP contribution in [-0.4, -0.2) is 27.3 Å². The number of hydrogen-bond donors (Lipinski definition) is 0. The van der Waals surface area contributed by atoms with E-state index in [2.05, 4.69) is 32.7 Å². The zero-order valence-corrected chi connectivity index (χ0v) is 15.4. The number of ether oxygens (including phenoxy) is 1. The molecule has 0 saturated heterocycles. The van der Waals surface area contributed by atoms with Crippen molar-refractivity contribution in [1.82, 2.24) is 14.8 Å². The van der Waals surface area contributed by atoms with E-state index >= 15 is 0 Å². The van der Waals surface area contributed by atoms with Crippen LogP contribution in [0.5, 0.6) is 5.75 Å². The van der Waals surface area contributed by atoms with Crippen LogP contribution in [0.1, 0.15) is 10.6 Å². The van der Waals surface area contributed by atoms with Crippen molar-refractivity contribution in [3.05, 3.63) is 75.6 Å². The number of nitrogens with zero attached hydrogens (tertiary/aromatic N) is 3. The molecular formula is C19H14IN3O2. The fourth-order valence-electron chi connectivity index (χ4n) is 2.63. The number of fused-ring (bicyclic) bond motifs is 1. The third-order valence-corrected chi connectivity index (χ3v) is 4.58. The first-order valence-corrected chi connectivity index (χ1v) is 8.90. The molecule has 2 heterocycles. The third kappa shape index (κ3) is 3.48. The lowest BCUT2D eigenvalue weighted by atomic mass is 10.1. The van der Waals surface area contributed by atoms with Crippen LogP contribution in [0.4, 0.5) is 0 Å². The Kier molecular flexibility index (Phi) is 4.35. The molecule has 0 atom stereocenters. The van der Waals surface area contributed by atoms with Crippen LogP contribution in [0, 0.1) is 3.57 Å². The molecule has 0 bridgehead atoms. The second-order valence-electron chi connectivity index (χ2n) is 5.69.